The van der Waals surface area contributed by atoms with Crippen molar-refractivity contribution in [1.29, 1.82) is 0 Å². The number of halogens is 1. The summed E-state index contributed by atoms with van der Waals surface area (Å²) in [6, 6.07) is 11.5. The molecule has 14 heteroatoms. The monoisotopic (exact) mass is 793 g/mol. The average Bonchev–Trinajstić information content (AvgIpc) is 3.48. The number of nitrogens with one attached hydrogen (secondary N) is 1. The molecule has 0 radical (unpaired) electrons. The molecule has 2 aromatic carbocycles. The Morgan fingerprint density at radius 3 is 2.65 bits per heavy atom. The zero-order chi connectivity index (χ0) is 39.1. The zero-order valence-electron chi connectivity index (χ0n) is 32.5. The van der Waals surface area contributed by atoms with E-state index in [0.717, 1.165) is 49.4 Å². The van der Waals surface area contributed by atoms with Crippen LogP contribution in [0, 0.1) is 17.8 Å². The number of aryl methyl sites for hydroxylation is 2. The number of methoxy groups -OCH3 is 2. The molecule has 2 amide bonds. The molecule has 55 heavy (non-hydrogen) atoms. The van der Waals surface area contributed by atoms with Crippen molar-refractivity contribution >= 4 is 39.0 Å². The lowest BCUT2D eigenvalue weighted by molar-refractivity contribution is 0.0109. The van der Waals surface area contributed by atoms with Gasteiger partial charge in [0.1, 0.15) is 21.2 Å². The predicted molar refractivity (Wildman–Crippen MR) is 213 cm³/mol. The molecular weight excluding hydrogens is 742 g/mol. The summed E-state index contributed by atoms with van der Waals surface area (Å²) in [4.78, 5) is 30.5. The number of benzene rings is 2. The van der Waals surface area contributed by atoms with Gasteiger partial charge >= 0.3 is 0 Å². The maximum absolute atomic E-state index is 15.2. The molecular formula is C41H52ClN5O7S. The summed E-state index contributed by atoms with van der Waals surface area (Å²) in [5.41, 5.74) is 3.30. The summed E-state index contributed by atoms with van der Waals surface area (Å²) in [7, 11) is 0.988. The highest BCUT2D eigenvalue weighted by molar-refractivity contribution is 7.93. The first-order valence-electron chi connectivity index (χ1n) is 19.2. The first-order chi connectivity index (χ1) is 26.4. The Balaban J connectivity index is 1.35. The molecule has 296 valence electrons. The number of fused-ring (bicyclic) bond motifs is 4. The normalized spacial score (nSPS) is 31.2. The van der Waals surface area contributed by atoms with E-state index in [1.807, 2.05) is 38.1 Å². The molecule has 1 N–H and O–H groups in total. The SMILES string of the molecule is CCO[C@H]1/C=C/[C@H](OC)[C@@H]2CC[C@H]2CN2C[C@@]3(CCCc4cc(Cl)ccc43)COc3ccc(cc32)C(=O)N=S(=O)(NC(=O)c2cn(C)nc2OC)[C@H](C)[C@H]1C. The van der Waals surface area contributed by atoms with Crippen LogP contribution in [0.1, 0.15) is 78.3 Å². The van der Waals surface area contributed by atoms with Crippen LogP contribution in [0.4, 0.5) is 5.69 Å². The Kier molecular flexibility index (Phi) is 11.4. The molecule has 0 saturated heterocycles. The third kappa shape index (κ3) is 7.65. The lowest BCUT2D eigenvalue weighted by atomic mass is 9.68. The van der Waals surface area contributed by atoms with Gasteiger partial charge in [0.2, 0.25) is 5.88 Å². The molecule has 1 unspecified atom stereocenters. The second-order valence-electron chi connectivity index (χ2n) is 15.5. The highest BCUT2D eigenvalue weighted by Crippen LogP contribution is 2.47. The minimum atomic E-state index is -3.80. The second-order valence-corrected chi connectivity index (χ2v) is 18.2. The van der Waals surface area contributed by atoms with E-state index in [-0.39, 0.29) is 34.4 Å². The molecule has 1 spiro atoms. The Morgan fingerprint density at radius 1 is 1.13 bits per heavy atom. The molecule has 3 aromatic rings. The van der Waals surface area contributed by atoms with Crippen LogP contribution in [0.2, 0.25) is 5.02 Å². The number of hydrogen-bond donors (Lipinski definition) is 1. The molecule has 2 aliphatic carbocycles. The van der Waals surface area contributed by atoms with Crippen LogP contribution < -0.4 is 19.1 Å². The van der Waals surface area contributed by atoms with Gasteiger partial charge in [-0.05, 0) is 99.2 Å². The standard InChI is InChI=1S/C41H52ClN5O7S/c1-7-53-35-16-17-36(51-5)31-13-10-29(31)21-47-23-41(18-8-9-27-19-30(42)12-14-33(27)41)24-54-37-15-11-28(20-34(37)47)38(48)44-55(50,26(3)25(35)2)45-39(49)32-22-46(4)43-40(32)52-6/h11-12,14-17,19-20,22,25-26,29,31,35-36H,7-10,13,18,21,23-24H2,1-6H3,(H,44,45,48,49,50)/b17-16+/t25-,26-,29+,31-,35+,36+,41+,55?/m1/s1. The van der Waals surface area contributed by atoms with Gasteiger partial charge in [-0.1, -0.05) is 36.7 Å². The number of ether oxygens (including phenoxy) is 4. The number of anilines is 1. The maximum atomic E-state index is 15.2. The van der Waals surface area contributed by atoms with Gasteiger partial charge < -0.3 is 23.8 Å². The number of rotatable bonds is 6. The topological polar surface area (TPSA) is 134 Å². The summed E-state index contributed by atoms with van der Waals surface area (Å²) in [5.74, 6) is -0.567. The molecule has 3 heterocycles. The fourth-order valence-electron chi connectivity index (χ4n) is 8.87. The van der Waals surface area contributed by atoms with E-state index in [1.165, 1.54) is 29.1 Å². The number of carbonyl (C=O) groups is 2. The number of carbonyl (C=O) groups excluding carboxylic acids is 2. The highest BCUT2D eigenvalue weighted by atomic mass is 35.5. The van der Waals surface area contributed by atoms with Crippen LogP contribution >= 0.6 is 11.6 Å². The first-order valence-corrected chi connectivity index (χ1v) is 21.2. The molecule has 1 saturated carbocycles. The minimum absolute atomic E-state index is 0.0607. The van der Waals surface area contributed by atoms with E-state index in [9.17, 15) is 9.59 Å². The maximum Gasteiger partial charge on any atom is 0.286 e. The van der Waals surface area contributed by atoms with Crippen molar-refractivity contribution in [3.63, 3.8) is 0 Å². The second kappa shape index (κ2) is 15.9. The van der Waals surface area contributed by atoms with Crippen molar-refractivity contribution in [2.24, 2.45) is 29.2 Å². The van der Waals surface area contributed by atoms with Crippen molar-refractivity contribution in [2.75, 3.05) is 45.4 Å². The summed E-state index contributed by atoms with van der Waals surface area (Å²) < 4.78 is 48.0. The fraction of sp³-hybridized carbons (Fsp3) is 0.537. The summed E-state index contributed by atoms with van der Waals surface area (Å²) in [5, 5.41) is 4.07. The fourth-order valence-corrected chi connectivity index (χ4v) is 10.9. The Labute approximate surface area is 329 Å². The Morgan fingerprint density at radius 2 is 1.93 bits per heavy atom. The summed E-state index contributed by atoms with van der Waals surface area (Å²) >= 11 is 6.48. The van der Waals surface area contributed by atoms with E-state index in [2.05, 4.69) is 37.3 Å². The van der Waals surface area contributed by atoms with Crippen molar-refractivity contribution in [3.8, 4) is 11.6 Å². The van der Waals surface area contributed by atoms with Gasteiger partial charge in [0.15, 0.2) is 0 Å². The molecule has 12 nitrogen and oxygen atoms in total. The van der Waals surface area contributed by atoms with Gasteiger partial charge in [0.25, 0.3) is 11.8 Å². The molecule has 1 fully saturated rings. The molecule has 7 rings (SSSR count). The van der Waals surface area contributed by atoms with Crippen LogP contribution in [0.15, 0.2) is 59.1 Å². The van der Waals surface area contributed by atoms with Gasteiger partial charge in [-0.2, -0.15) is 0 Å². The van der Waals surface area contributed by atoms with Crippen molar-refractivity contribution in [3.05, 3.63) is 82.0 Å². The molecule has 2 aliphatic heterocycles. The van der Waals surface area contributed by atoms with Gasteiger partial charge in [-0.15, -0.1) is 9.46 Å². The zero-order valence-corrected chi connectivity index (χ0v) is 34.0. The van der Waals surface area contributed by atoms with E-state index >= 15 is 4.21 Å². The third-order valence-electron chi connectivity index (χ3n) is 12.2. The number of amides is 2. The largest absolute Gasteiger partial charge is 0.490 e. The molecule has 8 atom stereocenters. The third-order valence-corrected chi connectivity index (χ3v) is 14.8. The lowest BCUT2D eigenvalue weighted by Crippen LogP contribution is -2.49. The van der Waals surface area contributed by atoms with E-state index < -0.39 is 39.0 Å². The number of nitrogens with zero attached hydrogens (tertiary/aromatic N) is 4. The van der Waals surface area contributed by atoms with Crippen LogP contribution in [0.25, 0.3) is 0 Å². The first kappa shape index (κ1) is 39.3. The highest BCUT2D eigenvalue weighted by Gasteiger charge is 2.45. The number of hydrogen-bond acceptors (Lipinski definition) is 9. The van der Waals surface area contributed by atoms with Crippen LogP contribution in [0.5, 0.6) is 11.6 Å². The van der Waals surface area contributed by atoms with E-state index in [4.69, 9.17) is 30.5 Å². The van der Waals surface area contributed by atoms with Crippen molar-refractivity contribution < 1.29 is 32.7 Å². The minimum Gasteiger partial charge on any atom is -0.490 e. The van der Waals surface area contributed by atoms with E-state index in [0.29, 0.717) is 31.4 Å². The summed E-state index contributed by atoms with van der Waals surface area (Å²) in [6.07, 6.45) is 9.81. The van der Waals surface area contributed by atoms with Crippen LogP contribution in [-0.2, 0) is 38.3 Å². The Hall–Kier alpha value is -3.91. The van der Waals surface area contributed by atoms with Gasteiger partial charge in [-0.25, -0.2) is 4.21 Å². The summed E-state index contributed by atoms with van der Waals surface area (Å²) in [6.45, 7) is 7.82. The van der Waals surface area contributed by atoms with Crippen molar-refractivity contribution in [1.82, 2.24) is 14.5 Å². The van der Waals surface area contributed by atoms with E-state index in [1.54, 1.807) is 27.1 Å². The quantitative estimate of drug-likeness (QED) is 0.276. The lowest BCUT2D eigenvalue weighted by Gasteiger charge is -2.46. The van der Waals surface area contributed by atoms with Crippen molar-refractivity contribution in [2.45, 2.75) is 75.7 Å². The van der Waals surface area contributed by atoms with Gasteiger partial charge in [0.05, 0.1) is 36.9 Å². The smallest absolute Gasteiger partial charge is 0.286 e. The molecule has 2 bridgehead atoms. The van der Waals surface area contributed by atoms with Crippen LogP contribution in [0.3, 0.4) is 0 Å². The molecule has 1 aromatic heterocycles. The van der Waals surface area contributed by atoms with Gasteiger partial charge in [-0.3, -0.25) is 19.0 Å². The number of aromatic nitrogens is 2. The molecule has 4 aliphatic rings. The predicted octanol–water partition coefficient (Wildman–Crippen LogP) is 6.55. The average molecular weight is 794 g/mol. The van der Waals surface area contributed by atoms with Gasteiger partial charge in [0, 0.05) is 62.0 Å². The van der Waals surface area contributed by atoms with Crippen LogP contribution in [-0.4, -0.2) is 83.8 Å². The Bertz CT molecular complexity index is 2100.